The Hall–Kier alpha value is -4.05. The van der Waals surface area contributed by atoms with Crippen LogP contribution in [0.1, 0.15) is 23.4 Å². The van der Waals surface area contributed by atoms with Gasteiger partial charge in [-0.15, -0.1) is 0 Å². The second-order valence-corrected chi connectivity index (χ2v) is 7.95. The van der Waals surface area contributed by atoms with E-state index in [9.17, 15) is 19.7 Å². The molecule has 0 spiro atoms. The van der Waals surface area contributed by atoms with Gasteiger partial charge in [0.15, 0.2) is 5.52 Å². The summed E-state index contributed by atoms with van der Waals surface area (Å²) in [4.78, 5) is 42.9. The van der Waals surface area contributed by atoms with E-state index in [2.05, 4.69) is 9.97 Å². The van der Waals surface area contributed by atoms with Gasteiger partial charge < -0.3 is 9.30 Å². The fourth-order valence-corrected chi connectivity index (χ4v) is 3.98. The molecule has 0 atom stereocenters. The van der Waals surface area contributed by atoms with Gasteiger partial charge in [0.25, 0.3) is 11.2 Å². The van der Waals surface area contributed by atoms with Gasteiger partial charge in [-0.05, 0) is 24.0 Å². The first-order chi connectivity index (χ1) is 16.5. The van der Waals surface area contributed by atoms with Crippen molar-refractivity contribution < 1.29 is 9.66 Å². The predicted octanol–water partition coefficient (Wildman–Crippen LogP) is 2.66. The molecule has 2 heterocycles. The van der Waals surface area contributed by atoms with Crippen molar-refractivity contribution in [1.29, 1.82) is 0 Å². The van der Waals surface area contributed by atoms with Gasteiger partial charge in [0, 0.05) is 45.4 Å². The minimum atomic E-state index is -0.522. The van der Waals surface area contributed by atoms with Crippen LogP contribution in [0.15, 0.2) is 64.2 Å². The number of imidazole rings is 1. The summed E-state index contributed by atoms with van der Waals surface area (Å²) in [6.07, 6.45) is 1.65. The van der Waals surface area contributed by atoms with E-state index in [0.29, 0.717) is 43.9 Å². The number of rotatable bonds is 10. The lowest BCUT2D eigenvalue weighted by Crippen LogP contribution is -2.32. The van der Waals surface area contributed by atoms with Gasteiger partial charge in [-0.1, -0.05) is 42.5 Å². The van der Waals surface area contributed by atoms with Crippen molar-refractivity contribution in [2.45, 2.75) is 32.4 Å². The van der Waals surface area contributed by atoms with Crippen molar-refractivity contribution in [2.24, 2.45) is 0 Å². The minimum Gasteiger partial charge on any atom is -0.385 e. The molecule has 0 aliphatic heterocycles. The molecule has 0 aliphatic rings. The molecule has 0 saturated heterocycles. The number of hydrogen-bond acceptors (Lipinski definition) is 6. The van der Waals surface area contributed by atoms with Gasteiger partial charge in [-0.3, -0.25) is 24.5 Å². The lowest BCUT2D eigenvalue weighted by atomic mass is 10.1. The van der Waals surface area contributed by atoms with E-state index in [4.69, 9.17) is 4.74 Å². The van der Waals surface area contributed by atoms with E-state index < -0.39 is 16.2 Å². The number of benzene rings is 2. The van der Waals surface area contributed by atoms with Crippen molar-refractivity contribution in [3.63, 3.8) is 0 Å². The maximum absolute atomic E-state index is 12.8. The molecule has 10 heteroatoms. The number of nitro groups is 1. The summed E-state index contributed by atoms with van der Waals surface area (Å²) in [6, 6.07) is 16.0. The monoisotopic (exact) mass is 463 g/mol. The second kappa shape index (κ2) is 10.3. The fourth-order valence-electron chi connectivity index (χ4n) is 3.98. The summed E-state index contributed by atoms with van der Waals surface area (Å²) < 4.78 is 8.65. The Labute approximate surface area is 194 Å². The number of aromatic nitrogens is 4. The molecular weight excluding hydrogens is 438 g/mol. The number of fused-ring (bicyclic) bond motifs is 1. The molecule has 4 aromatic rings. The number of aryl methyl sites for hydroxylation is 3. The maximum Gasteiger partial charge on any atom is 0.330 e. The lowest BCUT2D eigenvalue weighted by Gasteiger charge is -2.13. The van der Waals surface area contributed by atoms with E-state index in [-0.39, 0.29) is 17.7 Å². The Morgan fingerprint density at radius 2 is 1.74 bits per heavy atom. The van der Waals surface area contributed by atoms with Crippen molar-refractivity contribution >= 4 is 16.9 Å². The largest absolute Gasteiger partial charge is 0.385 e. The van der Waals surface area contributed by atoms with Crippen LogP contribution in [0.4, 0.5) is 5.69 Å². The molecule has 0 radical (unpaired) electrons. The molecule has 1 N–H and O–H groups in total. The highest BCUT2D eigenvalue weighted by Gasteiger charge is 2.19. The molecule has 0 fully saturated rings. The number of hydrogen-bond donors (Lipinski definition) is 1. The van der Waals surface area contributed by atoms with Crippen LogP contribution in [0.3, 0.4) is 0 Å². The van der Waals surface area contributed by atoms with Crippen LogP contribution in [-0.2, 0) is 30.7 Å². The number of methoxy groups -OCH3 is 1. The summed E-state index contributed by atoms with van der Waals surface area (Å²) in [7, 11) is 1.63. The van der Waals surface area contributed by atoms with Crippen LogP contribution in [0.5, 0.6) is 0 Å². The summed E-state index contributed by atoms with van der Waals surface area (Å²) in [5.41, 5.74) is 1.54. The van der Waals surface area contributed by atoms with Crippen LogP contribution in [0.2, 0.25) is 0 Å². The highest BCUT2D eigenvalue weighted by Crippen LogP contribution is 2.18. The highest BCUT2D eigenvalue weighted by atomic mass is 16.6. The van der Waals surface area contributed by atoms with Gasteiger partial charge in [-0.25, -0.2) is 9.78 Å². The van der Waals surface area contributed by atoms with E-state index in [1.807, 2.05) is 34.9 Å². The number of nitro benzene ring substituents is 1. The number of nitrogens with zero attached hydrogens (tertiary/aromatic N) is 4. The quantitative estimate of drug-likeness (QED) is 0.219. The number of H-pyrrole nitrogens is 1. The predicted molar refractivity (Wildman–Crippen MR) is 127 cm³/mol. The third-order valence-electron chi connectivity index (χ3n) is 5.66. The van der Waals surface area contributed by atoms with E-state index in [1.54, 1.807) is 19.2 Å². The molecule has 2 aromatic carbocycles. The fraction of sp³-hybridized carbons (Fsp3) is 0.292. The first kappa shape index (κ1) is 23.1. The van der Waals surface area contributed by atoms with Crippen molar-refractivity contribution in [3.05, 3.63) is 103 Å². The third kappa shape index (κ3) is 4.96. The first-order valence-electron chi connectivity index (χ1n) is 11.0. The molecular formula is C24H25N5O5. The van der Waals surface area contributed by atoms with Gasteiger partial charge in [0.05, 0.1) is 4.92 Å². The zero-order valence-electron chi connectivity index (χ0n) is 18.8. The van der Waals surface area contributed by atoms with Gasteiger partial charge in [0.1, 0.15) is 11.5 Å². The first-order valence-corrected chi connectivity index (χ1v) is 11.0. The van der Waals surface area contributed by atoms with Gasteiger partial charge in [-0.2, -0.15) is 0 Å². The number of nitrogens with one attached hydrogen (secondary N) is 1. The topological polar surface area (TPSA) is 125 Å². The Kier molecular flexibility index (Phi) is 6.98. The normalized spacial score (nSPS) is 11.2. The van der Waals surface area contributed by atoms with Gasteiger partial charge in [0.2, 0.25) is 0 Å². The zero-order valence-corrected chi connectivity index (χ0v) is 18.8. The second-order valence-electron chi connectivity index (χ2n) is 7.95. The maximum atomic E-state index is 12.8. The Balaban J connectivity index is 1.75. The molecule has 4 rings (SSSR count). The lowest BCUT2D eigenvalue weighted by molar-refractivity contribution is -0.384. The van der Waals surface area contributed by atoms with Crippen LogP contribution in [0.25, 0.3) is 11.2 Å². The van der Waals surface area contributed by atoms with Crippen LogP contribution < -0.4 is 11.2 Å². The molecule has 0 bridgehead atoms. The summed E-state index contributed by atoms with van der Waals surface area (Å²) >= 11 is 0. The number of aromatic amines is 1. The Morgan fingerprint density at radius 3 is 2.41 bits per heavy atom. The smallest absolute Gasteiger partial charge is 0.330 e. The molecule has 2 aromatic heterocycles. The Bertz CT molecular complexity index is 1400. The number of ether oxygens (including phenoxy) is 1. The molecule has 34 heavy (non-hydrogen) atoms. The summed E-state index contributed by atoms with van der Waals surface area (Å²) in [5.74, 6) is 0.692. The average Bonchev–Trinajstić information content (AvgIpc) is 3.18. The van der Waals surface area contributed by atoms with E-state index in [0.717, 1.165) is 11.1 Å². The van der Waals surface area contributed by atoms with Crippen LogP contribution in [0, 0.1) is 10.1 Å². The zero-order chi connectivity index (χ0) is 24.1. The third-order valence-corrected chi connectivity index (χ3v) is 5.66. The van der Waals surface area contributed by atoms with Crippen LogP contribution in [-0.4, -0.2) is 37.7 Å². The standard InChI is InChI=1S/C24H25N5O5/c1-34-15-5-13-27-20(16-18-6-3-2-4-7-18)25-21-22(30)26-24(31)28(23(21)27)14-12-17-8-10-19(11-9-17)29(32)33/h2-4,6-11H,5,12-16H2,1H3,(H,26,30,31). The molecule has 0 unspecified atom stereocenters. The van der Waals surface area contributed by atoms with Crippen molar-refractivity contribution in [2.75, 3.05) is 13.7 Å². The van der Waals surface area contributed by atoms with Gasteiger partial charge >= 0.3 is 5.69 Å². The highest BCUT2D eigenvalue weighted by molar-refractivity contribution is 5.71. The van der Waals surface area contributed by atoms with Crippen molar-refractivity contribution in [3.8, 4) is 0 Å². The number of non-ortho nitro benzene ring substituents is 1. The average molecular weight is 463 g/mol. The molecule has 176 valence electrons. The van der Waals surface area contributed by atoms with E-state index >= 15 is 0 Å². The molecule has 0 amide bonds. The van der Waals surface area contributed by atoms with Crippen LogP contribution >= 0.6 is 0 Å². The summed E-state index contributed by atoms with van der Waals surface area (Å²) in [5, 5.41) is 10.9. The Morgan fingerprint density at radius 1 is 1.00 bits per heavy atom. The minimum absolute atomic E-state index is 0.00845. The molecule has 0 aliphatic carbocycles. The summed E-state index contributed by atoms with van der Waals surface area (Å²) in [6.45, 7) is 1.35. The molecule has 0 saturated carbocycles. The van der Waals surface area contributed by atoms with E-state index in [1.165, 1.54) is 16.7 Å². The van der Waals surface area contributed by atoms with Crippen molar-refractivity contribution in [1.82, 2.24) is 19.1 Å². The molecule has 10 nitrogen and oxygen atoms in total. The SMILES string of the molecule is COCCCn1c(Cc2ccccc2)nc2c(=O)[nH]c(=O)n(CCc3ccc([N+](=O)[O-])cc3)c21.